The molecule has 0 radical (unpaired) electrons. The van der Waals surface area contributed by atoms with Crippen LogP contribution in [0.15, 0.2) is 170 Å². The van der Waals surface area contributed by atoms with Crippen LogP contribution in [0.1, 0.15) is 11.1 Å². The van der Waals surface area contributed by atoms with Gasteiger partial charge in [0.1, 0.15) is 0 Å². The summed E-state index contributed by atoms with van der Waals surface area (Å²) in [5.74, 6) is 2.40. The molecule has 6 aromatic rings. The Bertz CT molecular complexity index is 1970. The summed E-state index contributed by atoms with van der Waals surface area (Å²) in [4.78, 5) is 4.60. The van der Waals surface area contributed by atoms with Gasteiger partial charge in [0.15, 0.2) is 0 Å². The van der Waals surface area contributed by atoms with Gasteiger partial charge in [0.25, 0.3) is 0 Å². The molecule has 0 amide bonds. The van der Waals surface area contributed by atoms with Crippen molar-refractivity contribution >= 4 is 51.8 Å². The highest BCUT2D eigenvalue weighted by atomic mass is 15.1. The van der Waals surface area contributed by atoms with E-state index in [2.05, 4.69) is 186 Å². The lowest BCUT2D eigenvalue weighted by atomic mass is 9.50. The molecule has 0 aromatic heterocycles. The summed E-state index contributed by atoms with van der Waals surface area (Å²) in [6, 6.07) is 52.1. The number of para-hydroxylation sites is 2. The van der Waals surface area contributed by atoms with Crippen LogP contribution in [0.4, 0.5) is 17.1 Å². The summed E-state index contributed by atoms with van der Waals surface area (Å²) < 4.78 is 0. The van der Waals surface area contributed by atoms with E-state index in [0.29, 0.717) is 0 Å². The van der Waals surface area contributed by atoms with Gasteiger partial charge in [-0.3, -0.25) is 0 Å². The van der Waals surface area contributed by atoms with E-state index in [1.807, 2.05) is 0 Å². The maximum Gasteiger partial charge on any atom is 0.320 e. The Morgan fingerprint density at radius 2 is 1.09 bits per heavy atom. The molecule has 0 aliphatic carbocycles. The van der Waals surface area contributed by atoms with Crippen LogP contribution in [0, 0.1) is 0 Å². The first kappa shape index (κ1) is 25.2. The lowest BCUT2D eigenvalue weighted by molar-refractivity contribution is 0.799. The van der Waals surface area contributed by atoms with Crippen molar-refractivity contribution in [2.75, 3.05) is 4.90 Å². The lowest BCUT2D eigenvalue weighted by Gasteiger charge is -2.31. The van der Waals surface area contributed by atoms with E-state index in [1.165, 1.54) is 44.1 Å². The molecule has 3 heteroatoms. The fraction of sp³-hybridized carbons (Fsp3) is 0. The average molecular weight is 548 g/mol. The predicted molar refractivity (Wildman–Crippen MR) is 184 cm³/mol. The summed E-state index contributed by atoms with van der Waals surface area (Å²) in [5.41, 5.74) is 11.0. The quantitative estimate of drug-likeness (QED) is 0.198. The minimum Gasteiger partial charge on any atom is -0.389 e. The number of anilines is 3. The third-order valence-corrected chi connectivity index (χ3v) is 8.51. The van der Waals surface area contributed by atoms with Crippen LogP contribution < -0.4 is 10.4 Å². The van der Waals surface area contributed by atoms with Crippen molar-refractivity contribution in [3.8, 4) is 11.1 Å². The van der Waals surface area contributed by atoms with Gasteiger partial charge in [0.2, 0.25) is 0 Å². The number of fused-ring (bicyclic) bond motifs is 5. The molecule has 43 heavy (non-hydrogen) atoms. The van der Waals surface area contributed by atoms with E-state index in [-0.39, 0.29) is 6.85 Å². The minimum absolute atomic E-state index is 0.156. The molecule has 2 aliphatic rings. The zero-order valence-electron chi connectivity index (χ0n) is 23.7. The number of hydrogen-bond acceptors (Lipinski definition) is 2. The first-order chi connectivity index (χ1) is 21.3. The van der Waals surface area contributed by atoms with Crippen molar-refractivity contribution in [2.24, 2.45) is 0 Å². The molecule has 2 heterocycles. The van der Waals surface area contributed by atoms with Gasteiger partial charge in [0.05, 0.1) is 0 Å². The van der Waals surface area contributed by atoms with Crippen molar-refractivity contribution in [3.05, 3.63) is 181 Å². The second kappa shape index (κ2) is 10.7. The Balaban J connectivity index is 1.13. The number of nitrogens with zero attached hydrogens (tertiary/aromatic N) is 2. The molecule has 0 saturated carbocycles. The van der Waals surface area contributed by atoms with E-state index in [9.17, 15) is 0 Å². The van der Waals surface area contributed by atoms with Crippen LogP contribution in [-0.2, 0) is 0 Å². The second-order valence-corrected chi connectivity index (χ2v) is 11.1. The maximum absolute atomic E-state index is 2.40. The molecule has 6 aromatic carbocycles. The van der Waals surface area contributed by atoms with Gasteiger partial charge in [-0.05, 0) is 111 Å². The van der Waals surface area contributed by atoms with Crippen LogP contribution in [0.25, 0.3) is 33.5 Å². The van der Waals surface area contributed by atoms with Crippen LogP contribution in [-0.4, -0.2) is 11.7 Å². The summed E-state index contributed by atoms with van der Waals surface area (Å²) >= 11 is 0. The van der Waals surface area contributed by atoms with Crippen LogP contribution in [0.2, 0.25) is 0 Å². The monoisotopic (exact) mass is 548 g/mol. The lowest BCUT2D eigenvalue weighted by Crippen LogP contribution is -2.46. The Kier molecular flexibility index (Phi) is 6.27. The summed E-state index contributed by atoms with van der Waals surface area (Å²) in [5, 5.41) is 2.56. The molecule has 202 valence electrons. The smallest absolute Gasteiger partial charge is 0.320 e. The van der Waals surface area contributed by atoms with Gasteiger partial charge >= 0.3 is 6.85 Å². The second-order valence-electron chi connectivity index (χ2n) is 11.1. The van der Waals surface area contributed by atoms with Gasteiger partial charge < -0.3 is 9.71 Å². The maximum atomic E-state index is 2.40. The Labute approximate surface area is 253 Å². The Morgan fingerprint density at radius 3 is 1.79 bits per heavy atom. The van der Waals surface area contributed by atoms with Crippen molar-refractivity contribution in [1.82, 2.24) is 4.81 Å². The third-order valence-electron chi connectivity index (χ3n) is 8.51. The zero-order chi connectivity index (χ0) is 28.6. The fourth-order valence-corrected chi connectivity index (χ4v) is 6.35. The number of rotatable bonds is 5. The summed E-state index contributed by atoms with van der Waals surface area (Å²) in [6.07, 6.45) is 8.90. The van der Waals surface area contributed by atoms with Gasteiger partial charge in [-0.1, -0.05) is 109 Å². The van der Waals surface area contributed by atoms with E-state index in [0.717, 1.165) is 17.1 Å². The van der Waals surface area contributed by atoms with Gasteiger partial charge in [-0.2, -0.15) is 0 Å². The molecule has 2 aliphatic heterocycles. The van der Waals surface area contributed by atoms with E-state index in [4.69, 9.17) is 0 Å². The molecule has 0 fully saturated rings. The highest BCUT2D eigenvalue weighted by Crippen LogP contribution is 2.36. The van der Waals surface area contributed by atoms with Gasteiger partial charge in [0, 0.05) is 17.1 Å². The molecule has 0 N–H and O–H groups in total. The highest BCUT2D eigenvalue weighted by Gasteiger charge is 2.29. The number of hydrogen-bond donors (Lipinski definition) is 0. The normalized spacial score (nSPS) is 13.4. The van der Waals surface area contributed by atoms with Gasteiger partial charge in [-0.25, -0.2) is 0 Å². The van der Waals surface area contributed by atoms with Crippen molar-refractivity contribution in [2.45, 2.75) is 0 Å². The molecule has 8 rings (SSSR count). The largest absolute Gasteiger partial charge is 0.389 e. The van der Waals surface area contributed by atoms with Crippen LogP contribution in [0.3, 0.4) is 0 Å². The fourth-order valence-electron chi connectivity index (χ4n) is 6.35. The van der Waals surface area contributed by atoms with Gasteiger partial charge in [-0.15, -0.1) is 0 Å². The molecule has 0 bridgehead atoms. The number of benzene rings is 6. The first-order valence-electron chi connectivity index (χ1n) is 14.8. The minimum atomic E-state index is 0.156. The average Bonchev–Trinajstić information content (AvgIpc) is 3.09. The molecule has 0 unspecified atom stereocenters. The molecule has 2 nitrogen and oxygen atoms in total. The number of allylic oxidation sites excluding steroid dienone is 2. The standard InChI is InChI=1S/C40H29BN2/c1-4-10-30(11-5-1)32-18-22-38-33(28-32)19-23-40-39(38)25-27-42-26-24-34(29-41(40)42)31-16-20-37(21-17-31)43(35-12-6-2-7-13-35)36-14-8-3-9-15-36/h1-29H. The first-order valence-corrected chi connectivity index (χ1v) is 14.8. The summed E-state index contributed by atoms with van der Waals surface area (Å²) in [6.45, 7) is 0.156. The van der Waals surface area contributed by atoms with Crippen molar-refractivity contribution in [3.63, 3.8) is 0 Å². The van der Waals surface area contributed by atoms with E-state index < -0.39 is 0 Å². The molecular formula is C40H29BN2. The summed E-state index contributed by atoms with van der Waals surface area (Å²) in [7, 11) is 0. The Hall–Kier alpha value is -5.54. The van der Waals surface area contributed by atoms with Crippen molar-refractivity contribution in [1.29, 1.82) is 0 Å². The highest BCUT2D eigenvalue weighted by molar-refractivity contribution is 6.78. The molecule has 0 atom stereocenters. The Morgan fingerprint density at radius 1 is 0.488 bits per heavy atom. The van der Waals surface area contributed by atoms with Crippen LogP contribution >= 0.6 is 0 Å². The zero-order valence-corrected chi connectivity index (χ0v) is 23.7. The van der Waals surface area contributed by atoms with Crippen molar-refractivity contribution < 1.29 is 0 Å². The third kappa shape index (κ3) is 4.65. The van der Waals surface area contributed by atoms with Crippen LogP contribution in [0.5, 0.6) is 0 Å². The molecule has 0 spiro atoms. The molecular weight excluding hydrogens is 519 g/mol. The molecule has 0 saturated heterocycles. The predicted octanol–water partition coefficient (Wildman–Crippen LogP) is 9.61. The topological polar surface area (TPSA) is 6.48 Å². The van der Waals surface area contributed by atoms with E-state index in [1.54, 1.807) is 0 Å². The van der Waals surface area contributed by atoms with E-state index >= 15 is 0 Å². The SMILES string of the molecule is C1=CN2C=Cc3c(ccc4cc(-c5ccccc5)ccc34)B2C=C1c1ccc(N(c2ccccc2)c2ccccc2)cc1.